The summed E-state index contributed by atoms with van der Waals surface area (Å²) in [5.74, 6) is 0.0447. The maximum absolute atomic E-state index is 11.7. The van der Waals surface area contributed by atoms with Crippen molar-refractivity contribution in [2.75, 3.05) is 0 Å². The van der Waals surface area contributed by atoms with Crippen LogP contribution in [0.3, 0.4) is 0 Å². The molecule has 2 rings (SSSR count). The van der Waals surface area contributed by atoms with E-state index in [0.717, 1.165) is 4.57 Å². The molecule has 0 unspecified atom stereocenters. The van der Waals surface area contributed by atoms with E-state index < -0.39 is 17.9 Å². The zero-order valence-electron chi connectivity index (χ0n) is 8.71. The van der Waals surface area contributed by atoms with Crippen LogP contribution in [-0.4, -0.2) is 29.4 Å². The largest absolute Gasteiger partial charge is 0.388 e. The SMILES string of the molecule is Cn1c(=O)c2nc(CO)nnc2n(C)c1=O. The van der Waals surface area contributed by atoms with E-state index in [1.54, 1.807) is 0 Å². The summed E-state index contributed by atoms with van der Waals surface area (Å²) in [7, 11) is 2.82. The van der Waals surface area contributed by atoms with Crippen LogP contribution in [0.4, 0.5) is 0 Å². The first-order chi connectivity index (χ1) is 7.56. The van der Waals surface area contributed by atoms with Crippen LogP contribution in [0.15, 0.2) is 9.59 Å². The van der Waals surface area contributed by atoms with E-state index in [0.29, 0.717) is 0 Å². The standard InChI is InChI=1S/C8H9N5O3/c1-12-6-5(7(15)13(2)8(12)16)9-4(3-14)10-11-6/h14H,3H2,1-2H3. The van der Waals surface area contributed by atoms with Crippen LogP contribution in [0.5, 0.6) is 0 Å². The van der Waals surface area contributed by atoms with E-state index in [2.05, 4.69) is 15.2 Å². The highest BCUT2D eigenvalue weighted by atomic mass is 16.3. The topological polar surface area (TPSA) is 103 Å². The van der Waals surface area contributed by atoms with Crippen LogP contribution in [0.1, 0.15) is 5.82 Å². The molecule has 16 heavy (non-hydrogen) atoms. The average Bonchev–Trinajstić information content (AvgIpc) is 2.33. The van der Waals surface area contributed by atoms with Gasteiger partial charge in [-0.1, -0.05) is 0 Å². The molecule has 0 aliphatic carbocycles. The zero-order chi connectivity index (χ0) is 11.9. The van der Waals surface area contributed by atoms with Gasteiger partial charge in [-0.3, -0.25) is 13.9 Å². The molecule has 0 aliphatic heterocycles. The number of aliphatic hydroxyl groups excluding tert-OH is 1. The Kier molecular flexibility index (Phi) is 2.27. The maximum Gasteiger partial charge on any atom is 0.332 e. The van der Waals surface area contributed by atoms with Crippen molar-refractivity contribution in [3.63, 3.8) is 0 Å². The lowest BCUT2D eigenvalue weighted by Crippen LogP contribution is -2.38. The molecule has 8 heteroatoms. The predicted molar refractivity (Wildman–Crippen MR) is 53.7 cm³/mol. The van der Waals surface area contributed by atoms with E-state index in [-0.39, 0.29) is 17.0 Å². The lowest BCUT2D eigenvalue weighted by Gasteiger charge is -2.05. The fourth-order valence-corrected chi connectivity index (χ4v) is 1.35. The third-order valence-corrected chi connectivity index (χ3v) is 2.25. The summed E-state index contributed by atoms with van der Waals surface area (Å²) in [6, 6.07) is 0. The van der Waals surface area contributed by atoms with Crippen molar-refractivity contribution in [1.82, 2.24) is 24.3 Å². The molecule has 2 aromatic heterocycles. The zero-order valence-corrected chi connectivity index (χ0v) is 8.71. The summed E-state index contributed by atoms with van der Waals surface area (Å²) in [4.78, 5) is 27.1. The van der Waals surface area contributed by atoms with Crippen molar-refractivity contribution in [3.05, 3.63) is 26.7 Å². The molecular formula is C8H9N5O3. The fourth-order valence-electron chi connectivity index (χ4n) is 1.35. The van der Waals surface area contributed by atoms with Crippen LogP contribution in [0.2, 0.25) is 0 Å². The number of hydrogen-bond acceptors (Lipinski definition) is 6. The Bertz CT molecular complexity index is 672. The highest BCUT2D eigenvalue weighted by Gasteiger charge is 2.11. The molecule has 2 aromatic rings. The Morgan fingerprint density at radius 2 is 1.88 bits per heavy atom. The minimum absolute atomic E-state index is 0.0173. The summed E-state index contributed by atoms with van der Waals surface area (Å²) >= 11 is 0. The van der Waals surface area contributed by atoms with Gasteiger partial charge in [0.05, 0.1) is 0 Å². The second-order valence-electron chi connectivity index (χ2n) is 3.26. The Balaban J connectivity index is 3.03. The number of hydrogen-bond donors (Lipinski definition) is 1. The van der Waals surface area contributed by atoms with Gasteiger partial charge >= 0.3 is 5.69 Å². The third-order valence-electron chi connectivity index (χ3n) is 2.25. The fraction of sp³-hybridized carbons (Fsp3) is 0.375. The first-order valence-electron chi connectivity index (χ1n) is 4.46. The Morgan fingerprint density at radius 3 is 2.50 bits per heavy atom. The number of nitrogens with zero attached hydrogens (tertiary/aromatic N) is 5. The molecule has 0 saturated carbocycles. The van der Waals surface area contributed by atoms with Gasteiger partial charge in [-0.15, -0.1) is 10.2 Å². The van der Waals surface area contributed by atoms with Gasteiger partial charge in [0.25, 0.3) is 5.56 Å². The number of fused-ring (bicyclic) bond motifs is 1. The molecule has 8 nitrogen and oxygen atoms in total. The predicted octanol–water partition coefficient (Wildman–Crippen LogP) is -2.09. The molecular weight excluding hydrogens is 214 g/mol. The van der Waals surface area contributed by atoms with E-state index in [1.807, 2.05) is 0 Å². The summed E-state index contributed by atoms with van der Waals surface area (Å²) in [6.45, 7) is -0.408. The molecule has 0 saturated heterocycles. The normalized spacial score (nSPS) is 10.9. The van der Waals surface area contributed by atoms with Gasteiger partial charge in [-0.05, 0) is 0 Å². The quantitative estimate of drug-likeness (QED) is 0.594. The summed E-state index contributed by atoms with van der Waals surface area (Å²) in [5, 5.41) is 16.1. The average molecular weight is 223 g/mol. The maximum atomic E-state index is 11.7. The van der Waals surface area contributed by atoms with Crippen molar-refractivity contribution < 1.29 is 5.11 Å². The van der Waals surface area contributed by atoms with Crippen molar-refractivity contribution >= 4 is 11.2 Å². The lowest BCUT2D eigenvalue weighted by molar-refractivity contribution is 0.270. The summed E-state index contributed by atoms with van der Waals surface area (Å²) in [5.41, 5.74) is -0.929. The third kappa shape index (κ3) is 1.31. The van der Waals surface area contributed by atoms with Crippen LogP contribution in [0, 0.1) is 0 Å². The van der Waals surface area contributed by atoms with Gasteiger partial charge < -0.3 is 5.11 Å². The monoisotopic (exact) mass is 223 g/mol. The Morgan fingerprint density at radius 1 is 1.19 bits per heavy atom. The van der Waals surface area contributed by atoms with E-state index >= 15 is 0 Å². The molecule has 0 fully saturated rings. The van der Waals surface area contributed by atoms with Gasteiger partial charge in [0.2, 0.25) is 0 Å². The molecule has 0 radical (unpaired) electrons. The van der Waals surface area contributed by atoms with Gasteiger partial charge in [-0.2, -0.15) is 0 Å². The highest BCUT2D eigenvalue weighted by Crippen LogP contribution is 1.98. The van der Waals surface area contributed by atoms with Crippen LogP contribution in [0.25, 0.3) is 11.2 Å². The summed E-state index contributed by atoms with van der Waals surface area (Å²) < 4.78 is 2.11. The minimum Gasteiger partial charge on any atom is -0.388 e. The second-order valence-corrected chi connectivity index (χ2v) is 3.26. The van der Waals surface area contributed by atoms with Gasteiger partial charge in [0.1, 0.15) is 6.61 Å². The van der Waals surface area contributed by atoms with Gasteiger partial charge in [0, 0.05) is 14.1 Å². The number of aromatic nitrogens is 5. The molecule has 0 bridgehead atoms. The number of aliphatic hydroxyl groups is 1. The highest BCUT2D eigenvalue weighted by molar-refractivity contribution is 5.67. The molecule has 0 spiro atoms. The van der Waals surface area contributed by atoms with Crippen LogP contribution >= 0.6 is 0 Å². The second kappa shape index (κ2) is 3.49. The molecule has 0 atom stereocenters. The molecule has 0 aliphatic rings. The van der Waals surface area contributed by atoms with Crippen LogP contribution < -0.4 is 11.2 Å². The summed E-state index contributed by atoms with van der Waals surface area (Å²) in [6.07, 6.45) is 0. The number of rotatable bonds is 1. The van der Waals surface area contributed by atoms with Crippen molar-refractivity contribution in [3.8, 4) is 0 Å². The van der Waals surface area contributed by atoms with E-state index in [9.17, 15) is 9.59 Å². The molecule has 84 valence electrons. The van der Waals surface area contributed by atoms with Crippen molar-refractivity contribution in [1.29, 1.82) is 0 Å². The number of aryl methyl sites for hydroxylation is 1. The Hall–Kier alpha value is -2.09. The van der Waals surface area contributed by atoms with Gasteiger partial charge in [0.15, 0.2) is 17.0 Å². The van der Waals surface area contributed by atoms with Crippen molar-refractivity contribution in [2.24, 2.45) is 14.1 Å². The first-order valence-corrected chi connectivity index (χ1v) is 4.46. The molecule has 1 N–H and O–H groups in total. The van der Waals surface area contributed by atoms with Crippen LogP contribution in [-0.2, 0) is 20.7 Å². The minimum atomic E-state index is -0.553. The lowest BCUT2D eigenvalue weighted by atomic mass is 10.5. The molecule has 2 heterocycles. The molecule has 0 amide bonds. The molecule has 0 aromatic carbocycles. The van der Waals surface area contributed by atoms with Crippen molar-refractivity contribution in [2.45, 2.75) is 6.61 Å². The first kappa shape index (κ1) is 10.4. The van der Waals surface area contributed by atoms with E-state index in [1.165, 1.54) is 18.7 Å². The van der Waals surface area contributed by atoms with E-state index in [4.69, 9.17) is 5.11 Å². The Labute approximate surface area is 88.8 Å². The van der Waals surface area contributed by atoms with Gasteiger partial charge in [-0.25, -0.2) is 9.78 Å². The smallest absolute Gasteiger partial charge is 0.332 e.